The molecule has 1 amide bonds. The minimum Gasteiger partial charge on any atom is -0.491 e. The predicted octanol–water partition coefficient (Wildman–Crippen LogP) is 6.08. The van der Waals surface area contributed by atoms with Crippen LogP contribution in [0.4, 0.5) is 4.79 Å². The number of hydrogen-bond acceptors (Lipinski definition) is 5. The summed E-state index contributed by atoms with van der Waals surface area (Å²) >= 11 is 0. The Kier molecular flexibility index (Phi) is 7.02. The Balaban J connectivity index is 1.50. The zero-order valence-corrected chi connectivity index (χ0v) is 19.8. The molecule has 3 aromatic rings. The summed E-state index contributed by atoms with van der Waals surface area (Å²) in [6.45, 7) is 9.04. The molecule has 0 aliphatic carbocycles. The molecule has 0 spiro atoms. The number of ether oxygens (including phenoxy) is 3. The number of rotatable bonds is 6. The number of benzene rings is 2. The van der Waals surface area contributed by atoms with Crippen molar-refractivity contribution in [2.45, 2.75) is 58.8 Å². The molecule has 0 unspecified atom stereocenters. The van der Waals surface area contributed by atoms with Gasteiger partial charge in [0.15, 0.2) is 0 Å². The van der Waals surface area contributed by atoms with Crippen LogP contribution in [0.2, 0.25) is 0 Å². The summed E-state index contributed by atoms with van der Waals surface area (Å²) in [6, 6.07) is 16.2. The molecule has 4 rings (SSSR count). The van der Waals surface area contributed by atoms with Crippen molar-refractivity contribution in [2.75, 3.05) is 13.1 Å². The molecule has 0 atom stereocenters. The van der Waals surface area contributed by atoms with Crippen LogP contribution in [0.5, 0.6) is 11.5 Å². The average molecular weight is 449 g/mol. The molecule has 6 nitrogen and oxygen atoms in total. The smallest absolute Gasteiger partial charge is 0.410 e. The maximum absolute atomic E-state index is 12.1. The third-order valence-corrected chi connectivity index (χ3v) is 5.60. The summed E-state index contributed by atoms with van der Waals surface area (Å²) in [5, 5.41) is 0.985. The van der Waals surface area contributed by atoms with E-state index < -0.39 is 0 Å². The van der Waals surface area contributed by atoms with Crippen LogP contribution in [0.25, 0.3) is 22.0 Å². The number of nitrogens with zero attached hydrogens (tertiary/aromatic N) is 2. The second-order valence-electron chi connectivity index (χ2n) is 8.94. The van der Waals surface area contributed by atoms with Gasteiger partial charge in [0.2, 0.25) is 0 Å². The Morgan fingerprint density at radius 1 is 0.970 bits per heavy atom. The van der Waals surface area contributed by atoms with E-state index in [0.29, 0.717) is 13.1 Å². The first-order valence-corrected chi connectivity index (χ1v) is 11.7. The lowest BCUT2D eigenvalue weighted by molar-refractivity contribution is 0.0520. The second kappa shape index (κ2) is 10.1. The van der Waals surface area contributed by atoms with Crippen LogP contribution in [0.15, 0.2) is 54.7 Å². The Hall–Kier alpha value is -3.28. The van der Waals surface area contributed by atoms with E-state index in [1.807, 2.05) is 58.0 Å². The summed E-state index contributed by atoms with van der Waals surface area (Å²) in [5.41, 5.74) is 3.05. The minimum atomic E-state index is -0.243. The van der Waals surface area contributed by atoms with Crippen LogP contribution in [0, 0.1) is 0 Å². The quantitative estimate of drug-likeness (QED) is 0.457. The molecule has 0 saturated carbocycles. The van der Waals surface area contributed by atoms with Crippen molar-refractivity contribution in [3.05, 3.63) is 54.7 Å². The molecule has 1 aliphatic heterocycles. The van der Waals surface area contributed by atoms with Crippen molar-refractivity contribution in [2.24, 2.45) is 0 Å². The first-order valence-electron chi connectivity index (χ1n) is 11.7. The van der Waals surface area contributed by atoms with Crippen molar-refractivity contribution < 1.29 is 19.0 Å². The molecular weight excluding hydrogens is 416 g/mol. The predicted molar refractivity (Wildman–Crippen MR) is 130 cm³/mol. The highest BCUT2D eigenvalue weighted by atomic mass is 16.6. The highest BCUT2D eigenvalue weighted by molar-refractivity contribution is 5.96. The van der Waals surface area contributed by atoms with Gasteiger partial charge in [-0.25, -0.2) is 4.79 Å². The van der Waals surface area contributed by atoms with Gasteiger partial charge in [-0.05, 0) is 57.5 Å². The van der Waals surface area contributed by atoms with Crippen molar-refractivity contribution in [3.8, 4) is 22.6 Å². The third-order valence-electron chi connectivity index (χ3n) is 5.60. The fourth-order valence-electron chi connectivity index (χ4n) is 4.08. The van der Waals surface area contributed by atoms with Crippen LogP contribution in [-0.4, -0.2) is 47.4 Å². The standard InChI is InChI=1S/C27H32N2O4/c1-18(2)31-21-10-8-20(9-11-21)23-6-5-7-24-25(12-15-28-26(23)24)33-22-13-16-29(17-14-22)27(30)32-19(3)4/h5-12,15,18-19,22H,13-14,16-17H2,1-4H3. The number of piperidine rings is 1. The number of fused-ring (bicyclic) bond motifs is 1. The molecular formula is C27H32N2O4. The van der Waals surface area contributed by atoms with E-state index in [0.717, 1.165) is 46.4 Å². The summed E-state index contributed by atoms with van der Waals surface area (Å²) in [7, 11) is 0. The third kappa shape index (κ3) is 5.56. The van der Waals surface area contributed by atoms with Gasteiger partial charge in [0.1, 0.15) is 17.6 Å². The van der Waals surface area contributed by atoms with Crippen LogP contribution in [0.3, 0.4) is 0 Å². The van der Waals surface area contributed by atoms with E-state index in [-0.39, 0.29) is 24.4 Å². The lowest BCUT2D eigenvalue weighted by atomic mass is 10.0. The molecule has 174 valence electrons. The summed E-state index contributed by atoms with van der Waals surface area (Å²) in [6.07, 6.45) is 3.18. The van der Waals surface area contributed by atoms with Gasteiger partial charge in [0, 0.05) is 43.1 Å². The topological polar surface area (TPSA) is 60.9 Å². The molecule has 2 aromatic carbocycles. The number of para-hydroxylation sites is 1. The molecule has 1 saturated heterocycles. The Labute approximate surface area is 195 Å². The molecule has 0 N–H and O–H groups in total. The monoisotopic (exact) mass is 448 g/mol. The zero-order valence-electron chi connectivity index (χ0n) is 19.8. The van der Waals surface area contributed by atoms with E-state index in [9.17, 15) is 4.79 Å². The van der Waals surface area contributed by atoms with E-state index in [2.05, 4.69) is 23.2 Å². The van der Waals surface area contributed by atoms with Gasteiger partial charge in [-0.1, -0.05) is 24.3 Å². The summed E-state index contributed by atoms with van der Waals surface area (Å²) < 4.78 is 17.5. The van der Waals surface area contributed by atoms with E-state index >= 15 is 0 Å². The number of aromatic nitrogens is 1. The fourth-order valence-corrected chi connectivity index (χ4v) is 4.08. The number of carbonyl (C=O) groups excluding carboxylic acids is 1. The van der Waals surface area contributed by atoms with E-state index in [1.54, 1.807) is 11.1 Å². The van der Waals surface area contributed by atoms with Gasteiger partial charge in [-0.3, -0.25) is 4.98 Å². The SMILES string of the molecule is CC(C)OC(=O)N1CCC(Oc2ccnc3c(-c4ccc(OC(C)C)cc4)cccc23)CC1. The normalized spacial score (nSPS) is 14.7. The maximum atomic E-state index is 12.1. The van der Waals surface area contributed by atoms with Crippen molar-refractivity contribution in [1.82, 2.24) is 9.88 Å². The van der Waals surface area contributed by atoms with Crippen molar-refractivity contribution in [1.29, 1.82) is 0 Å². The number of carbonyl (C=O) groups is 1. The molecule has 0 radical (unpaired) electrons. The lowest BCUT2D eigenvalue weighted by Crippen LogP contribution is -2.42. The largest absolute Gasteiger partial charge is 0.491 e. The first-order chi connectivity index (χ1) is 15.9. The molecule has 6 heteroatoms. The van der Waals surface area contributed by atoms with Gasteiger partial charge in [0.05, 0.1) is 17.7 Å². The fraction of sp³-hybridized carbons (Fsp3) is 0.407. The average Bonchev–Trinajstić information content (AvgIpc) is 2.79. The molecule has 1 aliphatic rings. The highest BCUT2D eigenvalue weighted by Gasteiger charge is 2.26. The second-order valence-corrected chi connectivity index (χ2v) is 8.94. The van der Waals surface area contributed by atoms with Gasteiger partial charge in [-0.15, -0.1) is 0 Å². The van der Waals surface area contributed by atoms with E-state index in [1.165, 1.54) is 0 Å². The lowest BCUT2D eigenvalue weighted by Gasteiger charge is -2.32. The molecule has 1 fully saturated rings. The van der Waals surface area contributed by atoms with E-state index in [4.69, 9.17) is 14.2 Å². The van der Waals surface area contributed by atoms with Gasteiger partial charge in [0.25, 0.3) is 0 Å². The Morgan fingerprint density at radius 2 is 1.70 bits per heavy atom. The number of pyridine rings is 1. The van der Waals surface area contributed by atoms with Gasteiger partial charge >= 0.3 is 6.09 Å². The maximum Gasteiger partial charge on any atom is 0.410 e. The number of hydrogen-bond donors (Lipinski definition) is 0. The highest BCUT2D eigenvalue weighted by Crippen LogP contribution is 2.34. The van der Waals surface area contributed by atoms with Crippen molar-refractivity contribution in [3.63, 3.8) is 0 Å². The molecule has 0 bridgehead atoms. The first kappa shape index (κ1) is 22.9. The van der Waals surface area contributed by atoms with Crippen LogP contribution < -0.4 is 9.47 Å². The minimum absolute atomic E-state index is 0.0508. The van der Waals surface area contributed by atoms with Crippen molar-refractivity contribution >= 4 is 17.0 Å². The van der Waals surface area contributed by atoms with Crippen LogP contribution >= 0.6 is 0 Å². The number of amides is 1. The van der Waals surface area contributed by atoms with Gasteiger partial charge in [-0.2, -0.15) is 0 Å². The molecule has 1 aromatic heterocycles. The van der Waals surface area contributed by atoms with Crippen LogP contribution in [-0.2, 0) is 4.74 Å². The number of likely N-dealkylation sites (tertiary alicyclic amines) is 1. The zero-order chi connectivity index (χ0) is 23.4. The Bertz CT molecular complexity index is 1090. The Morgan fingerprint density at radius 3 is 2.36 bits per heavy atom. The molecule has 33 heavy (non-hydrogen) atoms. The van der Waals surface area contributed by atoms with Gasteiger partial charge < -0.3 is 19.1 Å². The summed E-state index contributed by atoms with van der Waals surface area (Å²) in [4.78, 5) is 18.6. The summed E-state index contributed by atoms with van der Waals surface area (Å²) in [5.74, 6) is 1.68. The molecule has 2 heterocycles. The van der Waals surface area contributed by atoms with Crippen LogP contribution in [0.1, 0.15) is 40.5 Å².